The molecule has 1 aromatic carbocycles. The first kappa shape index (κ1) is 17.9. The van der Waals surface area contributed by atoms with Gasteiger partial charge < -0.3 is 4.74 Å². The second kappa shape index (κ2) is 7.62. The normalized spacial score (nSPS) is 12.1. The van der Waals surface area contributed by atoms with Crippen molar-refractivity contribution in [3.63, 3.8) is 0 Å². The van der Waals surface area contributed by atoms with Gasteiger partial charge in [0.1, 0.15) is 5.75 Å². The van der Waals surface area contributed by atoms with Crippen molar-refractivity contribution < 1.29 is 4.74 Å². The molecule has 3 heterocycles. The second-order valence-corrected chi connectivity index (χ2v) is 8.20. The first-order valence-corrected chi connectivity index (χ1v) is 10.5. The van der Waals surface area contributed by atoms with Crippen molar-refractivity contribution in [1.29, 1.82) is 0 Å². The fraction of sp³-hybridized carbons (Fsp3) is 0.250. The molecule has 7 heteroatoms. The number of aryl methyl sites for hydroxylation is 1. The summed E-state index contributed by atoms with van der Waals surface area (Å²) in [6.45, 7) is 4.89. The summed E-state index contributed by atoms with van der Waals surface area (Å²) >= 11 is 2.99. The largest absolute Gasteiger partial charge is 0.494 e. The number of unbranched alkanes of at least 4 members (excludes halogenated alkanes) is 1. The lowest BCUT2D eigenvalue weighted by molar-refractivity contribution is 0.309. The molecule has 0 aliphatic rings. The summed E-state index contributed by atoms with van der Waals surface area (Å²) in [5, 5.41) is 6.43. The smallest absolute Gasteiger partial charge is 0.291 e. The van der Waals surface area contributed by atoms with Gasteiger partial charge in [-0.15, -0.1) is 16.4 Å². The van der Waals surface area contributed by atoms with Crippen molar-refractivity contribution in [1.82, 2.24) is 14.6 Å². The molecule has 0 aliphatic carbocycles. The lowest BCUT2D eigenvalue weighted by Crippen LogP contribution is -2.23. The van der Waals surface area contributed by atoms with Crippen LogP contribution < -0.4 is 14.8 Å². The Morgan fingerprint density at radius 1 is 1.22 bits per heavy atom. The Hall–Kier alpha value is -2.51. The second-order valence-electron chi connectivity index (χ2n) is 6.24. The van der Waals surface area contributed by atoms with Crippen LogP contribution in [0.15, 0.2) is 40.5 Å². The molecular formula is C20H19N3O2S2. The van der Waals surface area contributed by atoms with Gasteiger partial charge in [-0.05, 0) is 60.7 Å². The van der Waals surface area contributed by atoms with E-state index in [1.807, 2.05) is 48.7 Å². The lowest BCUT2D eigenvalue weighted by atomic mass is 10.2. The van der Waals surface area contributed by atoms with Gasteiger partial charge in [0.25, 0.3) is 5.56 Å². The number of benzene rings is 1. The van der Waals surface area contributed by atoms with Crippen LogP contribution in [0.2, 0.25) is 0 Å². The molecule has 0 atom stereocenters. The highest BCUT2D eigenvalue weighted by Crippen LogP contribution is 2.21. The molecule has 27 heavy (non-hydrogen) atoms. The minimum atomic E-state index is -0.124. The van der Waals surface area contributed by atoms with Gasteiger partial charge in [0.15, 0.2) is 5.82 Å². The van der Waals surface area contributed by atoms with Gasteiger partial charge in [0, 0.05) is 10.4 Å². The van der Waals surface area contributed by atoms with Crippen LogP contribution in [-0.4, -0.2) is 21.2 Å². The molecule has 0 bridgehead atoms. The molecule has 0 amide bonds. The topological polar surface area (TPSA) is 56.5 Å². The molecule has 0 aliphatic heterocycles. The summed E-state index contributed by atoms with van der Waals surface area (Å²) in [6.07, 6.45) is 4.07. The van der Waals surface area contributed by atoms with Crippen LogP contribution >= 0.6 is 22.7 Å². The molecule has 0 unspecified atom stereocenters. The molecule has 0 N–H and O–H groups in total. The zero-order valence-electron chi connectivity index (χ0n) is 15.1. The van der Waals surface area contributed by atoms with Gasteiger partial charge in [-0.25, -0.2) is 0 Å². The van der Waals surface area contributed by atoms with Gasteiger partial charge in [-0.3, -0.25) is 4.79 Å². The summed E-state index contributed by atoms with van der Waals surface area (Å²) < 4.78 is 7.72. The van der Waals surface area contributed by atoms with Crippen molar-refractivity contribution in [2.24, 2.45) is 0 Å². The number of thiazole rings is 1. The Morgan fingerprint density at radius 2 is 2.04 bits per heavy atom. The standard InChI is InChI=1S/C20H19N3O2S2/c1-3-4-10-25-15-7-5-14(6-8-15)18-21-20-23(22-18)19(24)17(27-20)12-16-13(2)9-11-26-16/h5-9,11-12H,3-4,10H2,1-2H3/b17-12-. The Bertz CT molecular complexity index is 1170. The Balaban J connectivity index is 1.62. The maximum atomic E-state index is 12.6. The molecule has 0 saturated heterocycles. The zero-order chi connectivity index (χ0) is 18.8. The van der Waals surface area contributed by atoms with Crippen LogP contribution in [0, 0.1) is 6.92 Å². The van der Waals surface area contributed by atoms with Crippen molar-refractivity contribution in [2.75, 3.05) is 6.61 Å². The summed E-state index contributed by atoms with van der Waals surface area (Å²) in [4.78, 5) is 18.9. The number of nitrogens with zero attached hydrogens (tertiary/aromatic N) is 3. The van der Waals surface area contributed by atoms with E-state index in [-0.39, 0.29) is 5.56 Å². The van der Waals surface area contributed by atoms with E-state index in [9.17, 15) is 4.79 Å². The third-order valence-corrected chi connectivity index (χ3v) is 6.15. The quantitative estimate of drug-likeness (QED) is 0.463. The SMILES string of the molecule is CCCCOc1ccc(-c2nc3s/c(=C\c4sccc4C)c(=O)n3n2)cc1. The summed E-state index contributed by atoms with van der Waals surface area (Å²) in [6, 6.07) is 9.72. The van der Waals surface area contributed by atoms with Crippen molar-refractivity contribution in [3.8, 4) is 17.1 Å². The molecule has 0 spiro atoms. The Morgan fingerprint density at radius 3 is 2.70 bits per heavy atom. The zero-order valence-corrected chi connectivity index (χ0v) is 16.8. The Kier molecular flexibility index (Phi) is 5.05. The van der Waals surface area contributed by atoms with E-state index in [1.54, 1.807) is 11.3 Å². The number of hydrogen-bond donors (Lipinski definition) is 0. The number of ether oxygens (including phenoxy) is 1. The predicted octanol–water partition coefficient (Wildman–Crippen LogP) is 3.91. The van der Waals surface area contributed by atoms with Crippen LogP contribution in [0.3, 0.4) is 0 Å². The molecule has 0 saturated carbocycles. The van der Waals surface area contributed by atoms with Crippen LogP contribution in [-0.2, 0) is 0 Å². The highest BCUT2D eigenvalue weighted by atomic mass is 32.1. The monoisotopic (exact) mass is 397 g/mol. The molecule has 0 fully saturated rings. The average molecular weight is 398 g/mol. The average Bonchev–Trinajstić information content (AvgIpc) is 3.34. The number of hydrogen-bond acceptors (Lipinski definition) is 6. The molecule has 4 aromatic rings. The fourth-order valence-electron chi connectivity index (χ4n) is 2.64. The van der Waals surface area contributed by atoms with E-state index in [4.69, 9.17) is 4.74 Å². The van der Waals surface area contributed by atoms with E-state index < -0.39 is 0 Å². The fourth-order valence-corrected chi connectivity index (χ4v) is 4.46. The maximum absolute atomic E-state index is 12.6. The van der Waals surface area contributed by atoms with E-state index in [0.29, 0.717) is 15.3 Å². The number of aromatic nitrogens is 3. The third-order valence-electron chi connectivity index (χ3n) is 4.22. The molecule has 5 nitrogen and oxygen atoms in total. The number of thiophene rings is 1. The van der Waals surface area contributed by atoms with E-state index in [2.05, 4.69) is 17.0 Å². The lowest BCUT2D eigenvalue weighted by Gasteiger charge is -2.05. The summed E-state index contributed by atoms with van der Waals surface area (Å²) in [7, 11) is 0. The molecule has 0 radical (unpaired) electrons. The predicted molar refractivity (Wildman–Crippen MR) is 111 cm³/mol. The van der Waals surface area contributed by atoms with E-state index >= 15 is 0 Å². The highest BCUT2D eigenvalue weighted by molar-refractivity contribution is 7.15. The van der Waals surface area contributed by atoms with Crippen LogP contribution in [0.1, 0.15) is 30.2 Å². The van der Waals surface area contributed by atoms with Gasteiger partial charge in [-0.2, -0.15) is 9.50 Å². The minimum Gasteiger partial charge on any atom is -0.494 e. The highest BCUT2D eigenvalue weighted by Gasteiger charge is 2.12. The summed E-state index contributed by atoms with van der Waals surface area (Å²) in [5.41, 5.74) is 1.91. The molecule has 4 rings (SSSR count). The molecule has 138 valence electrons. The van der Waals surface area contributed by atoms with Crippen LogP contribution in [0.4, 0.5) is 0 Å². The van der Waals surface area contributed by atoms with Gasteiger partial charge in [0.05, 0.1) is 11.1 Å². The van der Waals surface area contributed by atoms with Gasteiger partial charge in [0.2, 0.25) is 4.96 Å². The summed E-state index contributed by atoms with van der Waals surface area (Å²) in [5.74, 6) is 1.39. The van der Waals surface area contributed by atoms with Gasteiger partial charge in [-0.1, -0.05) is 24.7 Å². The number of fused-ring (bicyclic) bond motifs is 1. The Labute approximate surface area is 164 Å². The molecular weight excluding hydrogens is 378 g/mol. The van der Waals surface area contributed by atoms with Gasteiger partial charge >= 0.3 is 0 Å². The minimum absolute atomic E-state index is 0.124. The van der Waals surface area contributed by atoms with E-state index in [0.717, 1.165) is 35.6 Å². The first-order valence-electron chi connectivity index (χ1n) is 8.84. The molecule has 3 aromatic heterocycles. The number of rotatable bonds is 6. The first-order chi connectivity index (χ1) is 13.2. The van der Waals surface area contributed by atoms with E-state index in [1.165, 1.54) is 21.4 Å². The third kappa shape index (κ3) is 3.65. The van der Waals surface area contributed by atoms with Crippen molar-refractivity contribution in [2.45, 2.75) is 26.7 Å². The van der Waals surface area contributed by atoms with Crippen molar-refractivity contribution in [3.05, 3.63) is 61.0 Å². The van der Waals surface area contributed by atoms with Crippen LogP contribution in [0.25, 0.3) is 22.4 Å². The van der Waals surface area contributed by atoms with Crippen LogP contribution in [0.5, 0.6) is 5.75 Å². The van der Waals surface area contributed by atoms with Crippen molar-refractivity contribution >= 4 is 33.7 Å². The maximum Gasteiger partial charge on any atom is 0.291 e.